The van der Waals surface area contributed by atoms with Crippen molar-refractivity contribution in [2.75, 3.05) is 13.1 Å². The van der Waals surface area contributed by atoms with Crippen LogP contribution in [-0.2, 0) is 25.7 Å². The number of nitrogens with one attached hydrogen (secondary N) is 4. The predicted octanol–water partition coefficient (Wildman–Crippen LogP) is 3.48. The smallest absolute Gasteiger partial charge is 0.315 e. The van der Waals surface area contributed by atoms with Crippen molar-refractivity contribution in [3.8, 4) is 0 Å². The number of fused-ring (bicyclic) bond motifs is 2. The van der Waals surface area contributed by atoms with E-state index in [9.17, 15) is 9.59 Å². The van der Waals surface area contributed by atoms with Crippen molar-refractivity contribution in [1.29, 1.82) is 0 Å². The minimum absolute atomic E-state index is 0.0994. The second-order valence-corrected chi connectivity index (χ2v) is 8.92. The van der Waals surface area contributed by atoms with Crippen LogP contribution in [-0.4, -0.2) is 37.2 Å². The van der Waals surface area contributed by atoms with Gasteiger partial charge in [0.2, 0.25) is 0 Å². The molecular formula is C26H34N4O2. The lowest BCUT2D eigenvalue weighted by molar-refractivity contribution is 0.233. The molecule has 2 aromatic carbocycles. The second-order valence-electron chi connectivity index (χ2n) is 8.92. The van der Waals surface area contributed by atoms with E-state index in [2.05, 4.69) is 69.8 Å². The standard InChI is InChI=1S/C26H34N4O2/c31-25(29-23-13-11-19-7-1-3-9-21(19)17-23)27-15-5-6-16-28-26(32)30-24-14-12-20-8-2-4-10-22(20)18-24/h1-4,7-10,23-24H,5-6,11-18H2,(H2,27,29,31)(H2,28,30,32)/t23-,24+. The fourth-order valence-corrected chi connectivity index (χ4v) is 4.77. The molecule has 32 heavy (non-hydrogen) atoms. The maximum absolute atomic E-state index is 12.2. The maximum atomic E-state index is 12.2. The molecule has 2 atom stereocenters. The molecule has 4 rings (SSSR count). The molecular weight excluding hydrogens is 400 g/mol. The molecule has 6 heteroatoms. The highest BCUT2D eigenvalue weighted by atomic mass is 16.2. The zero-order chi connectivity index (χ0) is 22.2. The summed E-state index contributed by atoms with van der Waals surface area (Å²) in [6.45, 7) is 1.22. The van der Waals surface area contributed by atoms with Gasteiger partial charge in [-0.25, -0.2) is 9.59 Å². The van der Waals surface area contributed by atoms with Crippen LogP contribution in [0.4, 0.5) is 9.59 Å². The van der Waals surface area contributed by atoms with E-state index in [1.807, 2.05) is 0 Å². The first-order valence-electron chi connectivity index (χ1n) is 11.9. The number of urea groups is 2. The lowest BCUT2D eigenvalue weighted by Gasteiger charge is -2.25. The van der Waals surface area contributed by atoms with Gasteiger partial charge >= 0.3 is 12.1 Å². The first kappa shape index (κ1) is 22.2. The van der Waals surface area contributed by atoms with Gasteiger partial charge in [0.15, 0.2) is 0 Å². The Kier molecular flexibility index (Phi) is 7.64. The van der Waals surface area contributed by atoms with Gasteiger partial charge in [-0.1, -0.05) is 48.5 Å². The molecule has 2 aromatic rings. The molecule has 0 saturated heterocycles. The normalized spacial score (nSPS) is 19.2. The van der Waals surface area contributed by atoms with E-state index >= 15 is 0 Å². The van der Waals surface area contributed by atoms with Crippen molar-refractivity contribution in [3.05, 3.63) is 70.8 Å². The zero-order valence-corrected chi connectivity index (χ0v) is 18.7. The van der Waals surface area contributed by atoms with E-state index in [-0.39, 0.29) is 24.1 Å². The molecule has 0 radical (unpaired) electrons. The van der Waals surface area contributed by atoms with E-state index in [0.29, 0.717) is 13.1 Å². The van der Waals surface area contributed by atoms with E-state index in [1.165, 1.54) is 22.3 Å². The average molecular weight is 435 g/mol. The number of benzene rings is 2. The Morgan fingerprint density at radius 1 is 0.656 bits per heavy atom. The number of carbonyl (C=O) groups excluding carboxylic acids is 2. The van der Waals surface area contributed by atoms with Crippen molar-refractivity contribution in [3.63, 3.8) is 0 Å². The van der Waals surface area contributed by atoms with E-state index in [4.69, 9.17) is 0 Å². The summed E-state index contributed by atoms with van der Waals surface area (Å²) in [5.41, 5.74) is 5.48. The molecule has 0 aliphatic heterocycles. The summed E-state index contributed by atoms with van der Waals surface area (Å²) >= 11 is 0. The number of hydrogen-bond acceptors (Lipinski definition) is 2. The fraction of sp³-hybridized carbons (Fsp3) is 0.462. The third-order valence-electron chi connectivity index (χ3n) is 6.54. The molecule has 0 spiro atoms. The molecule has 0 heterocycles. The highest BCUT2D eigenvalue weighted by molar-refractivity contribution is 5.74. The average Bonchev–Trinajstić information content (AvgIpc) is 2.81. The Labute approximate surface area is 190 Å². The fourth-order valence-electron chi connectivity index (χ4n) is 4.77. The van der Waals surface area contributed by atoms with Crippen LogP contribution in [0.5, 0.6) is 0 Å². The lowest BCUT2D eigenvalue weighted by atomic mass is 9.88. The molecule has 4 amide bonds. The lowest BCUT2D eigenvalue weighted by Crippen LogP contribution is -2.45. The van der Waals surface area contributed by atoms with Gasteiger partial charge in [0.25, 0.3) is 0 Å². The molecule has 0 fully saturated rings. The van der Waals surface area contributed by atoms with Crippen LogP contribution in [0.3, 0.4) is 0 Å². The number of aryl methyl sites for hydroxylation is 2. The monoisotopic (exact) mass is 434 g/mol. The highest BCUT2D eigenvalue weighted by Crippen LogP contribution is 2.21. The van der Waals surface area contributed by atoms with Gasteiger partial charge in [0, 0.05) is 25.2 Å². The summed E-state index contributed by atoms with van der Waals surface area (Å²) < 4.78 is 0. The summed E-state index contributed by atoms with van der Waals surface area (Å²) in [4.78, 5) is 24.3. The molecule has 170 valence electrons. The highest BCUT2D eigenvalue weighted by Gasteiger charge is 2.20. The van der Waals surface area contributed by atoms with Crippen LogP contribution in [0.2, 0.25) is 0 Å². The zero-order valence-electron chi connectivity index (χ0n) is 18.7. The summed E-state index contributed by atoms with van der Waals surface area (Å²) in [6, 6.07) is 17.1. The minimum Gasteiger partial charge on any atom is -0.338 e. The molecule has 0 saturated carbocycles. The first-order chi connectivity index (χ1) is 15.7. The van der Waals surface area contributed by atoms with E-state index in [0.717, 1.165) is 51.4 Å². The van der Waals surface area contributed by atoms with Crippen LogP contribution in [0.1, 0.15) is 47.9 Å². The summed E-state index contributed by atoms with van der Waals surface area (Å²) in [7, 11) is 0. The van der Waals surface area contributed by atoms with Crippen LogP contribution in [0.25, 0.3) is 0 Å². The Balaban J connectivity index is 1.04. The van der Waals surface area contributed by atoms with Crippen molar-refractivity contribution < 1.29 is 9.59 Å². The summed E-state index contributed by atoms with van der Waals surface area (Å²) in [5, 5.41) is 12.1. The topological polar surface area (TPSA) is 82.3 Å². The van der Waals surface area contributed by atoms with Crippen LogP contribution >= 0.6 is 0 Å². The van der Waals surface area contributed by atoms with Crippen molar-refractivity contribution >= 4 is 12.1 Å². The Morgan fingerprint density at radius 3 is 1.50 bits per heavy atom. The molecule has 0 aromatic heterocycles. The Bertz CT molecular complexity index is 854. The number of unbranched alkanes of at least 4 members (excludes halogenated alkanes) is 1. The van der Waals surface area contributed by atoms with Crippen molar-refractivity contribution in [1.82, 2.24) is 21.3 Å². The number of amides is 4. The molecule has 2 aliphatic rings. The number of carbonyl (C=O) groups is 2. The van der Waals surface area contributed by atoms with Gasteiger partial charge in [0.1, 0.15) is 0 Å². The van der Waals surface area contributed by atoms with Crippen molar-refractivity contribution in [2.45, 2.75) is 63.5 Å². The minimum atomic E-state index is -0.0994. The van der Waals surface area contributed by atoms with Crippen LogP contribution in [0.15, 0.2) is 48.5 Å². The van der Waals surface area contributed by atoms with Gasteiger partial charge in [0.05, 0.1) is 0 Å². The first-order valence-corrected chi connectivity index (χ1v) is 11.9. The second kappa shape index (κ2) is 11.0. The molecule has 2 aliphatic carbocycles. The molecule has 0 unspecified atom stereocenters. The van der Waals surface area contributed by atoms with Gasteiger partial charge in [-0.2, -0.15) is 0 Å². The molecule has 0 bridgehead atoms. The summed E-state index contributed by atoms with van der Waals surface area (Å²) in [6.07, 6.45) is 7.46. The number of rotatable bonds is 7. The van der Waals surface area contributed by atoms with Gasteiger partial charge < -0.3 is 21.3 Å². The van der Waals surface area contributed by atoms with E-state index < -0.39 is 0 Å². The van der Waals surface area contributed by atoms with Gasteiger partial charge in [-0.15, -0.1) is 0 Å². The van der Waals surface area contributed by atoms with E-state index in [1.54, 1.807) is 0 Å². The largest absolute Gasteiger partial charge is 0.338 e. The van der Waals surface area contributed by atoms with Crippen molar-refractivity contribution in [2.24, 2.45) is 0 Å². The Morgan fingerprint density at radius 2 is 1.06 bits per heavy atom. The van der Waals surface area contributed by atoms with Gasteiger partial charge in [-0.05, 0) is 73.6 Å². The SMILES string of the molecule is O=C(NCCCCNC(=O)N[C@H]1CCc2ccccc2C1)N[C@@H]1CCc2ccccc2C1. The third kappa shape index (κ3) is 6.25. The number of hydrogen-bond donors (Lipinski definition) is 4. The quantitative estimate of drug-likeness (QED) is 0.503. The molecule has 4 N–H and O–H groups in total. The maximum Gasteiger partial charge on any atom is 0.315 e. The summed E-state index contributed by atoms with van der Waals surface area (Å²) in [5.74, 6) is 0. The molecule has 6 nitrogen and oxygen atoms in total. The van der Waals surface area contributed by atoms with Gasteiger partial charge in [-0.3, -0.25) is 0 Å². The van der Waals surface area contributed by atoms with Crippen LogP contribution < -0.4 is 21.3 Å². The third-order valence-corrected chi connectivity index (χ3v) is 6.54. The predicted molar refractivity (Wildman–Crippen MR) is 127 cm³/mol. The Hall–Kier alpha value is -3.02. The van der Waals surface area contributed by atoms with Crippen LogP contribution in [0, 0.1) is 0 Å².